The number of rotatable bonds is 2. The van der Waals surface area contributed by atoms with Crippen LogP contribution in [0.1, 0.15) is 6.42 Å². The van der Waals surface area contributed by atoms with E-state index in [4.69, 9.17) is 4.98 Å². The first-order valence-corrected chi connectivity index (χ1v) is 10.6. The van der Waals surface area contributed by atoms with Gasteiger partial charge in [0.1, 0.15) is 5.82 Å². The molecule has 1 aromatic heterocycles. The minimum atomic E-state index is 0.280. The second kappa shape index (κ2) is 6.46. The van der Waals surface area contributed by atoms with Crippen molar-refractivity contribution in [3.05, 3.63) is 95.5 Å². The molecule has 0 radical (unpaired) electrons. The van der Waals surface area contributed by atoms with Gasteiger partial charge in [0.15, 0.2) is 0 Å². The Hall–Kier alpha value is -3.11. The van der Waals surface area contributed by atoms with Gasteiger partial charge in [0.05, 0.1) is 34.1 Å². The lowest BCUT2D eigenvalue weighted by molar-refractivity contribution is 0.777. The van der Waals surface area contributed by atoms with E-state index in [2.05, 4.69) is 110 Å². The number of hydrogen-bond acceptors (Lipinski definition) is 2. The summed E-state index contributed by atoms with van der Waals surface area (Å²) in [5.41, 5.74) is 6.88. The molecule has 1 aliphatic carbocycles. The van der Waals surface area contributed by atoms with Crippen LogP contribution in [0.3, 0.4) is 0 Å². The highest BCUT2D eigenvalue weighted by Crippen LogP contribution is 2.47. The third-order valence-corrected chi connectivity index (χ3v) is 6.17. The molecule has 2 heterocycles. The van der Waals surface area contributed by atoms with E-state index < -0.39 is 0 Å². The number of anilines is 2. The quantitative estimate of drug-likeness (QED) is 0.342. The summed E-state index contributed by atoms with van der Waals surface area (Å²) in [6.07, 6.45) is 9.78. The Balaban J connectivity index is 1.71. The van der Waals surface area contributed by atoms with Crippen LogP contribution in [0, 0.1) is 0 Å². The second-order valence-electron chi connectivity index (χ2n) is 7.40. The molecule has 1 unspecified atom stereocenters. The fourth-order valence-corrected chi connectivity index (χ4v) is 4.79. The summed E-state index contributed by atoms with van der Waals surface area (Å²) in [5, 5.41) is 0. The van der Waals surface area contributed by atoms with Gasteiger partial charge in [-0.05, 0) is 36.8 Å². The first-order valence-electron chi connectivity index (χ1n) is 9.80. The van der Waals surface area contributed by atoms with Crippen molar-refractivity contribution >= 4 is 38.3 Å². The lowest BCUT2D eigenvalue weighted by Crippen LogP contribution is -2.33. The summed E-state index contributed by atoms with van der Waals surface area (Å²) in [4.78, 5) is 7.51. The predicted molar refractivity (Wildman–Crippen MR) is 123 cm³/mol. The van der Waals surface area contributed by atoms with Gasteiger partial charge in [-0.1, -0.05) is 76.6 Å². The average molecular weight is 440 g/mol. The molecule has 0 saturated heterocycles. The number of allylic oxidation sites excluding steroid dienone is 2. The molecule has 2 aliphatic rings. The zero-order valence-electron chi connectivity index (χ0n) is 15.7. The van der Waals surface area contributed by atoms with E-state index in [1.54, 1.807) is 0 Å². The highest BCUT2D eigenvalue weighted by atomic mass is 79.9. The maximum absolute atomic E-state index is 5.05. The van der Waals surface area contributed by atoms with Gasteiger partial charge in [-0.15, -0.1) is 0 Å². The van der Waals surface area contributed by atoms with Crippen LogP contribution in [0.25, 0.3) is 28.1 Å². The lowest BCUT2D eigenvalue weighted by Gasteiger charge is -2.38. The highest BCUT2D eigenvalue weighted by Gasteiger charge is 2.31. The molecule has 3 aromatic carbocycles. The van der Waals surface area contributed by atoms with Gasteiger partial charge in [-0.3, -0.25) is 4.57 Å². The summed E-state index contributed by atoms with van der Waals surface area (Å²) in [7, 11) is 0. The van der Waals surface area contributed by atoms with E-state index in [9.17, 15) is 0 Å². The van der Waals surface area contributed by atoms with Gasteiger partial charge in [-0.2, -0.15) is 0 Å². The fourth-order valence-electron chi connectivity index (χ4n) is 4.44. The van der Waals surface area contributed by atoms with Crippen LogP contribution in [0.4, 0.5) is 11.4 Å². The molecule has 6 rings (SSSR count). The molecule has 0 N–H and O–H groups in total. The van der Waals surface area contributed by atoms with Gasteiger partial charge >= 0.3 is 0 Å². The predicted octanol–water partition coefficient (Wildman–Crippen LogP) is 6.79. The molecule has 3 nitrogen and oxygen atoms in total. The van der Waals surface area contributed by atoms with Crippen LogP contribution in [0.2, 0.25) is 0 Å². The number of hydrogen-bond donors (Lipinski definition) is 0. The van der Waals surface area contributed by atoms with Crippen LogP contribution in [0.5, 0.6) is 0 Å². The molecule has 0 saturated carbocycles. The number of benzene rings is 3. The van der Waals surface area contributed by atoms with Crippen LogP contribution in [0.15, 0.2) is 95.5 Å². The zero-order valence-corrected chi connectivity index (χ0v) is 17.3. The van der Waals surface area contributed by atoms with E-state index in [1.807, 2.05) is 6.07 Å². The maximum atomic E-state index is 5.05. The molecule has 0 amide bonds. The van der Waals surface area contributed by atoms with Crippen LogP contribution < -0.4 is 4.90 Å². The Morgan fingerprint density at radius 1 is 0.862 bits per heavy atom. The van der Waals surface area contributed by atoms with Crippen molar-refractivity contribution < 1.29 is 0 Å². The molecule has 29 heavy (non-hydrogen) atoms. The minimum absolute atomic E-state index is 0.280. The molecular formula is C25H18BrN3. The Morgan fingerprint density at radius 3 is 2.59 bits per heavy atom. The fraction of sp³-hybridized carbons (Fsp3) is 0.0800. The molecule has 0 bridgehead atoms. The molecule has 1 atom stereocenters. The summed E-state index contributed by atoms with van der Waals surface area (Å²) in [6, 6.07) is 23.7. The molecule has 4 heteroatoms. The SMILES string of the molecule is Brc1ccc2c(c1)N(C1C=CC=CC1)c1cccc3nc(-c4ccccc4)n-2c13. The molecule has 4 aromatic rings. The molecule has 0 fully saturated rings. The standard InChI is InChI=1S/C25H18BrN3/c26-18-14-15-21-23(16-18)28(19-10-5-2-6-11-19)22-13-7-12-20-24(22)29(21)25(27-20)17-8-3-1-4-9-17/h1-10,12-16,19H,11H2. The lowest BCUT2D eigenvalue weighted by atomic mass is 10.0. The second-order valence-corrected chi connectivity index (χ2v) is 8.32. The van der Waals surface area contributed by atoms with Crippen molar-refractivity contribution in [2.75, 3.05) is 4.90 Å². The third kappa shape index (κ3) is 2.52. The first kappa shape index (κ1) is 16.8. The number of aromatic nitrogens is 2. The number of nitrogens with zero attached hydrogens (tertiary/aromatic N) is 3. The maximum Gasteiger partial charge on any atom is 0.145 e. The average Bonchev–Trinajstić information content (AvgIpc) is 3.16. The van der Waals surface area contributed by atoms with E-state index in [0.717, 1.165) is 33.5 Å². The van der Waals surface area contributed by atoms with Crippen molar-refractivity contribution in [2.24, 2.45) is 0 Å². The van der Waals surface area contributed by atoms with E-state index in [-0.39, 0.29) is 6.04 Å². The van der Waals surface area contributed by atoms with Crippen molar-refractivity contribution in [1.82, 2.24) is 9.55 Å². The normalized spacial score (nSPS) is 17.0. The Morgan fingerprint density at radius 2 is 1.76 bits per heavy atom. The highest BCUT2D eigenvalue weighted by molar-refractivity contribution is 9.10. The van der Waals surface area contributed by atoms with E-state index >= 15 is 0 Å². The number of halogens is 1. The number of fused-ring (bicyclic) bond motifs is 2. The van der Waals surface area contributed by atoms with Crippen LogP contribution in [-0.4, -0.2) is 15.6 Å². The third-order valence-electron chi connectivity index (χ3n) is 5.67. The van der Waals surface area contributed by atoms with Crippen molar-refractivity contribution in [1.29, 1.82) is 0 Å². The van der Waals surface area contributed by atoms with Crippen molar-refractivity contribution in [3.63, 3.8) is 0 Å². The minimum Gasteiger partial charge on any atom is -0.331 e. The molecule has 0 spiro atoms. The summed E-state index contributed by atoms with van der Waals surface area (Å²) in [5.74, 6) is 0.982. The molecule has 140 valence electrons. The molecular weight excluding hydrogens is 422 g/mol. The van der Waals surface area contributed by atoms with Crippen LogP contribution >= 0.6 is 15.9 Å². The smallest absolute Gasteiger partial charge is 0.145 e. The largest absolute Gasteiger partial charge is 0.331 e. The van der Waals surface area contributed by atoms with Crippen molar-refractivity contribution in [3.8, 4) is 17.1 Å². The zero-order chi connectivity index (χ0) is 19.4. The van der Waals surface area contributed by atoms with Gasteiger partial charge < -0.3 is 4.90 Å². The summed E-state index contributed by atoms with van der Waals surface area (Å²) in [6.45, 7) is 0. The van der Waals surface area contributed by atoms with Gasteiger partial charge in [0.25, 0.3) is 0 Å². The van der Waals surface area contributed by atoms with Crippen molar-refractivity contribution in [2.45, 2.75) is 12.5 Å². The Labute approximate surface area is 177 Å². The topological polar surface area (TPSA) is 21.1 Å². The monoisotopic (exact) mass is 439 g/mol. The van der Waals surface area contributed by atoms with E-state index in [1.165, 1.54) is 16.9 Å². The molecule has 1 aliphatic heterocycles. The number of imidazole rings is 1. The van der Waals surface area contributed by atoms with Gasteiger partial charge in [0.2, 0.25) is 0 Å². The van der Waals surface area contributed by atoms with Crippen LogP contribution in [-0.2, 0) is 0 Å². The summed E-state index contributed by atoms with van der Waals surface area (Å²) >= 11 is 3.69. The Bertz CT molecular complexity index is 1300. The first-order chi connectivity index (χ1) is 14.3. The Kier molecular flexibility index (Phi) is 3.74. The number of para-hydroxylation sites is 1. The van der Waals surface area contributed by atoms with E-state index in [0.29, 0.717) is 0 Å². The van der Waals surface area contributed by atoms with Gasteiger partial charge in [0, 0.05) is 10.0 Å². The summed E-state index contributed by atoms with van der Waals surface area (Å²) < 4.78 is 3.40. The van der Waals surface area contributed by atoms with Gasteiger partial charge in [-0.25, -0.2) is 4.98 Å².